The molecular formula is C22H25FN10O. The highest BCUT2D eigenvalue weighted by Gasteiger charge is 2.22. The van der Waals surface area contributed by atoms with Gasteiger partial charge in [0.2, 0.25) is 17.8 Å². The molecule has 1 atom stereocenters. The molecule has 1 fully saturated rings. The van der Waals surface area contributed by atoms with Crippen LogP contribution in [0.1, 0.15) is 17.4 Å². The zero-order valence-corrected chi connectivity index (χ0v) is 18.9. The molecule has 2 N–H and O–H groups in total. The van der Waals surface area contributed by atoms with Crippen molar-refractivity contribution in [2.24, 2.45) is 14.1 Å². The number of hydrogen-bond donors (Lipinski definition) is 2. The highest BCUT2D eigenvalue weighted by atomic mass is 19.1. The SMILES string of the molecule is Cn1cnc(Nc2nc(N[C@@H](c3ccc(F)cc3)c3nccn3C)nc(N3CCOCC3)n2)c1. The van der Waals surface area contributed by atoms with Crippen molar-refractivity contribution in [1.82, 2.24) is 34.1 Å². The fraction of sp³-hybridized carbons (Fsp3) is 0.318. The number of anilines is 4. The molecule has 11 nitrogen and oxygen atoms in total. The maximum absolute atomic E-state index is 13.6. The van der Waals surface area contributed by atoms with Crippen molar-refractivity contribution >= 4 is 23.7 Å². The predicted molar refractivity (Wildman–Crippen MR) is 124 cm³/mol. The van der Waals surface area contributed by atoms with Gasteiger partial charge in [-0.1, -0.05) is 12.1 Å². The summed E-state index contributed by atoms with van der Waals surface area (Å²) in [6.45, 7) is 2.55. The monoisotopic (exact) mass is 464 g/mol. The number of imidazole rings is 2. The molecule has 0 aliphatic carbocycles. The summed E-state index contributed by atoms with van der Waals surface area (Å²) in [7, 11) is 3.79. The zero-order valence-electron chi connectivity index (χ0n) is 18.9. The lowest BCUT2D eigenvalue weighted by Crippen LogP contribution is -2.37. The average Bonchev–Trinajstić information content (AvgIpc) is 3.46. The Hall–Kier alpha value is -4.06. The van der Waals surface area contributed by atoms with Crippen molar-refractivity contribution in [1.29, 1.82) is 0 Å². The van der Waals surface area contributed by atoms with Crippen molar-refractivity contribution in [2.45, 2.75) is 6.04 Å². The molecule has 0 saturated carbocycles. The second-order valence-electron chi connectivity index (χ2n) is 7.96. The van der Waals surface area contributed by atoms with E-state index in [-0.39, 0.29) is 5.82 Å². The highest BCUT2D eigenvalue weighted by Crippen LogP contribution is 2.26. The van der Waals surface area contributed by atoms with E-state index in [1.165, 1.54) is 12.1 Å². The Balaban J connectivity index is 1.52. The number of nitrogens with zero attached hydrogens (tertiary/aromatic N) is 8. The van der Waals surface area contributed by atoms with Crippen LogP contribution in [0.3, 0.4) is 0 Å². The number of halogens is 1. The number of aryl methyl sites for hydroxylation is 2. The first-order chi connectivity index (χ1) is 16.5. The van der Waals surface area contributed by atoms with Crippen molar-refractivity contribution in [2.75, 3.05) is 41.8 Å². The Morgan fingerprint density at radius 2 is 1.76 bits per heavy atom. The molecule has 176 valence electrons. The van der Waals surface area contributed by atoms with Crippen LogP contribution in [0.25, 0.3) is 0 Å². The van der Waals surface area contributed by atoms with Crippen LogP contribution < -0.4 is 15.5 Å². The Bertz CT molecular complexity index is 1250. The van der Waals surface area contributed by atoms with E-state index in [4.69, 9.17) is 4.74 Å². The number of aromatic nitrogens is 7. The molecule has 1 aromatic carbocycles. The molecule has 4 aromatic rings. The van der Waals surface area contributed by atoms with Gasteiger partial charge in [0.05, 0.1) is 19.5 Å². The van der Waals surface area contributed by atoms with Crippen molar-refractivity contribution < 1.29 is 9.13 Å². The minimum absolute atomic E-state index is 0.307. The van der Waals surface area contributed by atoms with Crippen LogP contribution in [-0.2, 0) is 18.8 Å². The maximum Gasteiger partial charge on any atom is 0.235 e. The van der Waals surface area contributed by atoms with Gasteiger partial charge in [0.25, 0.3) is 0 Å². The van der Waals surface area contributed by atoms with Crippen molar-refractivity contribution in [3.05, 3.63) is 66.4 Å². The normalized spacial score (nSPS) is 14.7. The predicted octanol–water partition coefficient (Wildman–Crippen LogP) is 2.26. The first-order valence-corrected chi connectivity index (χ1v) is 10.9. The standard InChI is InChI=1S/C22H25FN10O/c1-31-13-17(25-14-31)26-20-28-21(30-22(29-20)33-9-11-34-12-10-33)27-18(19-24-7-8-32(19)2)15-3-5-16(23)6-4-15/h3-8,13-14,18H,9-12H2,1-2H3,(H2,26,27,28,29,30)/t18-/m0/s1. The highest BCUT2D eigenvalue weighted by molar-refractivity contribution is 5.52. The van der Waals surface area contributed by atoms with Crippen LogP contribution in [0, 0.1) is 5.82 Å². The van der Waals surface area contributed by atoms with Gasteiger partial charge < -0.3 is 29.4 Å². The second-order valence-corrected chi connectivity index (χ2v) is 7.96. The molecule has 0 radical (unpaired) electrons. The first kappa shape index (κ1) is 21.8. The molecule has 3 aromatic heterocycles. The molecule has 5 rings (SSSR count). The summed E-state index contributed by atoms with van der Waals surface area (Å²) in [6.07, 6.45) is 7.10. The Morgan fingerprint density at radius 1 is 1.00 bits per heavy atom. The third-order valence-electron chi connectivity index (χ3n) is 5.46. The molecule has 12 heteroatoms. The van der Waals surface area contributed by atoms with Gasteiger partial charge >= 0.3 is 0 Å². The average molecular weight is 465 g/mol. The van der Waals surface area contributed by atoms with Gasteiger partial charge in [-0.2, -0.15) is 15.0 Å². The van der Waals surface area contributed by atoms with E-state index in [0.717, 1.165) is 11.4 Å². The van der Waals surface area contributed by atoms with Crippen LogP contribution in [0.4, 0.5) is 28.1 Å². The number of nitrogens with one attached hydrogen (secondary N) is 2. The van der Waals surface area contributed by atoms with Gasteiger partial charge in [-0.3, -0.25) is 0 Å². The summed E-state index contributed by atoms with van der Waals surface area (Å²) in [5, 5.41) is 6.53. The maximum atomic E-state index is 13.6. The molecule has 0 amide bonds. The minimum atomic E-state index is -0.414. The number of rotatable bonds is 7. The molecule has 1 saturated heterocycles. The van der Waals surface area contributed by atoms with Gasteiger partial charge in [-0.05, 0) is 17.7 Å². The van der Waals surface area contributed by atoms with E-state index < -0.39 is 6.04 Å². The molecule has 1 aliphatic rings. The van der Waals surface area contributed by atoms with E-state index in [1.54, 1.807) is 24.7 Å². The molecule has 4 heterocycles. The van der Waals surface area contributed by atoms with E-state index in [2.05, 4.69) is 35.6 Å². The summed E-state index contributed by atoms with van der Waals surface area (Å²) >= 11 is 0. The topological polar surface area (TPSA) is 111 Å². The molecule has 1 aliphatic heterocycles. The van der Waals surface area contributed by atoms with Crippen LogP contribution in [0.2, 0.25) is 0 Å². The van der Waals surface area contributed by atoms with E-state index in [1.807, 2.05) is 40.5 Å². The smallest absolute Gasteiger partial charge is 0.235 e. The first-order valence-electron chi connectivity index (χ1n) is 10.9. The fourth-order valence-corrected chi connectivity index (χ4v) is 3.72. The van der Waals surface area contributed by atoms with Crippen molar-refractivity contribution in [3.63, 3.8) is 0 Å². The second kappa shape index (κ2) is 9.43. The molecule has 34 heavy (non-hydrogen) atoms. The van der Waals surface area contributed by atoms with E-state index >= 15 is 0 Å². The fourth-order valence-electron chi connectivity index (χ4n) is 3.72. The van der Waals surface area contributed by atoms with Gasteiger partial charge in [0.15, 0.2) is 5.82 Å². The quantitative estimate of drug-likeness (QED) is 0.425. The lowest BCUT2D eigenvalue weighted by atomic mass is 10.1. The van der Waals surface area contributed by atoms with Gasteiger partial charge in [0, 0.05) is 45.8 Å². The number of benzene rings is 1. The van der Waals surface area contributed by atoms with Crippen LogP contribution >= 0.6 is 0 Å². The number of ether oxygens (including phenoxy) is 1. The lowest BCUT2D eigenvalue weighted by molar-refractivity contribution is 0.122. The van der Waals surface area contributed by atoms with Crippen molar-refractivity contribution in [3.8, 4) is 0 Å². The van der Waals surface area contributed by atoms with E-state index in [0.29, 0.717) is 50.0 Å². The van der Waals surface area contributed by atoms with Crippen LogP contribution in [0.15, 0.2) is 49.2 Å². The summed E-state index contributed by atoms with van der Waals surface area (Å²) in [4.78, 5) is 24.7. The number of morpholine rings is 1. The third-order valence-corrected chi connectivity index (χ3v) is 5.46. The molecule has 0 unspecified atom stereocenters. The number of hydrogen-bond acceptors (Lipinski definition) is 9. The molecule has 0 bridgehead atoms. The van der Waals surface area contributed by atoms with Gasteiger partial charge in [-0.25, -0.2) is 14.4 Å². The zero-order chi connectivity index (χ0) is 23.5. The summed E-state index contributed by atoms with van der Waals surface area (Å²) in [6, 6.07) is 5.88. The Kier molecular flexibility index (Phi) is 6.04. The van der Waals surface area contributed by atoms with Gasteiger partial charge in [-0.15, -0.1) is 0 Å². The lowest BCUT2D eigenvalue weighted by Gasteiger charge is -2.27. The Morgan fingerprint density at radius 3 is 2.44 bits per heavy atom. The molecular weight excluding hydrogens is 439 g/mol. The third kappa shape index (κ3) is 4.81. The Labute approximate surface area is 195 Å². The summed E-state index contributed by atoms with van der Waals surface area (Å²) in [5.74, 6) is 2.28. The molecule has 0 spiro atoms. The van der Waals surface area contributed by atoms with Crippen LogP contribution in [0.5, 0.6) is 0 Å². The van der Waals surface area contributed by atoms with E-state index in [9.17, 15) is 4.39 Å². The summed E-state index contributed by atoms with van der Waals surface area (Å²) < 4.78 is 22.8. The minimum Gasteiger partial charge on any atom is -0.378 e. The largest absolute Gasteiger partial charge is 0.378 e. The van der Waals surface area contributed by atoms with Gasteiger partial charge in [0.1, 0.15) is 17.7 Å². The summed E-state index contributed by atoms with van der Waals surface area (Å²) in [5.41, 5.74) is 0.822. The van der Waals surface area contributed by atoms with Crippen LogP contribution in [-0.4, -0.2) is 60.4 Å².